The fourth-order valence-corrected chi connectivity index (χ4v) is 47.0. The molecule has 0 N–H and O–H groups in total. The first-order chi connectivity index (χ1) is 18.9. The van der Waals surface area contributed by atoms with Crippen LogP contribution in [0.1, 0.15) is 111 Å². The van der Waals surface area contributed by atoms with Gasteiger partial charge in [-0.2, -0.15) is 9.34 Å². The van der Waals surface area contributed by atoms with Gasteiger partial charge in [0.2, 0.25) is 0 Å². The van der Waals surface area contributed by atoms with Crippen molar-refractivity contribution in [3.05, 3.63) is 11.1 Å². The summed E-state index contributed by atoms with van der Waals surface area (Å²) in [7, 11) is -0.666. The Bertz CT molecular complexity index is 825. The van der Waals surface area contributed by atoms with Crippen LogP contribution in [0.15, 0.2) is 0 Å². The normalized spacial score (nSPS) is 14.8. The van der Waals surface area contributed by atoms with Gasteiger partial charge in [-0.05, 0) is 55.4 Å². The Morgan fingerprint density at radius 3 is 0.700 bits per heavy atom. The van der Waals surface area contributed by atoms with E-state index >= 15 is 0 Å². The lowest BCUT2D eigenvalue weighted by atomic mass is 10.3. The van der Waals surface area contributed by atoms with Gasteiger partial charge >= 0.3 is 27.1 Å². The summed E-state index contributed by atoms with van der Waals surface area (Å²) in [6.07, 6.45) is 0. The van der Waals surface area contributed by atoms with Crippen molar-refractivity contribution in [1.29, 1.82) is 0 Å². The Morgan fingerprint density at radius 1 is 0.400 bits per heavy atom. The van der Waals surface area contributed by atoms with Gasteiger partial charge in [0, 0.05) is 76.5 Å². The van der Waals surface area contributed by atoms with Crippen molar-refractivity contribution < 1.29 is 0 Å². The molecule has 0 amide bonds. The topological polar surface area (TPSA) is 19.4 Å². The van der Waals surface area contributed by atoms with Gasteiger partial charge in [0.15, 0.2) is 0 Å². The third kappa shape index (κ3) is 8.45. The smallest absolute Gasteiger partial charge is 0.228 e. The maximum atomic E-state index is 3.02. The quantitative estimate of drug-likeness (QED) is 0.159. The second-order valence-electron chi connectivity index (χ2n) is 11.5. The monoisotopic (exact) mass is 636 g/mol. The van der Waals surface area contributed by atoms with Crippen molar-refractivity contribution in [2.45, 2.75) is 135 Å². The molecule has 0 unspecified atom stereocenters. The van der Waals surface area contributed by atoms with E-state index in [1.54, 1.807) is 11.1 Å². The summed E-state index contributed by atoms with van der Waals surface area (Å²) >= 11 is 0. The number of rotatable bonds is 18. The first-order valence-corrected chi connectivity index (χ1v) is 24.5. The van der Waals surface area contributed by atoms with Crippen molar-refractivity contribution in [2.24, 2.45) is 0 Å². The van der Waals surface area contributed by atoms with Crippen LogP contribution in [-0.2, 0) is 0 Å². The molecule has 0 saturated heterocycles. The largest absolute Gasteiger partial charge is 0.361 e. The van der Waals surface area contributed by atoms with E-state index in [0.29, 0.717) is 24.2 Å². The van der Waals surface area contributed by atoms with Crippen molar-refractivity contribution in [1.82, 2.24) is 19.6 Å². The minimum atomic E-state index is -0.335. The van der Waals surface area contributed by atoms with Crippen LogP contribution in [0.25, 0.3) is 0 Å². The Kier molecular flexibility index (Phi) is 17.9. The number of nitrogens with zero attached hydrogens (tertiary/aromatic N) is 6. The van der Waals surface area contributed by atoms with Gasteiger partial charge in [0.05, 0.1) is 0 Å². The third-order valence-electron chi connectivity index (χ3n) is 7.75. The highest BCUT2D eigenvalue weighted by molar-refractivity contribution is 8.70. The van der Waals surface area contributed by atoms with Gasteiger partial charge in [-0.15, -0.1) is 0 Å². The number of hydrogen-bond donors (Lipinski definition) is 0. The summed E-state index contributed by atoms with van der Waals surface area (Å²) in [5, 5.41) is 0. The summed E-state index contributed by atoms with van der Waals surface area (Å²) < 4.78 is 6.04. The molecule has 0 aliphatic heterocycles. The van der Waals surface area contributed by atoms with Crippen LogP contribution >= 0.6 is 27.1 Å². The molecule has 236 valence electrons. The van der Waals surface area contributed by atoms with Crippen LogP contribution in [0.2, 0.25) is 0 Å². The molecule has 1 rings (SSSR count). The second kappa shape index (κ2) is 18.5. The van der Waals surface area contributed by atoms with Gasteiger partial charge in [0.25, 0.3) is 11.1 Å². The molecule has 0 aromatic carbocycles. The first kappa shape index (κ1) is 38.7. The predicted octanol–water partition coefficient (Wildman–Crippen LogP) is 9.66. The summed E-state index contributed by atoms with van der Waals surface area (Å²) in [5.74, 6) is 0. The zero-order chi connectivity index (χ0) is 30.9. The van der Waals surface area contributed by atoms with Crippen LogP contribution in [0.4, 0.5) is 0 Å². The average Bonchev–Trinajstić information content (AvgIpc) is 2.89. The van der Waals surface area contributed by atoms with Gasteiger partial charge in [-0.3, -0.25) is 0 Å². The zero-order valence-corrected chi connectivity index (χ0v) is 33.0. The van der Waals surface area contributed by atoms with E-state index in [2.05, 4.69) is 140 Å². The molecule has 0 spiro atoms. The lowest BCUT2D eigenvalue weighted by Gasteiger charge is -2.32. The Labute approximate surface area is 253 Å². The average molecular weight is 637 g/mol. The van der Waals surface area contributed by atoms with Gasteiger partial charge < -0.3 is 0 Å². The summed E-state index contributed by atoms with van der Waals surface area (Å²) in [6, 6.07) is 2.20. The first-order valence-electron chi connectivity index (χ1n) is 16.4. The van der Waals surface area contributed by atoms with Crippen LogP contribution in [0.3, 0.4) is 0 Å². The summed E-state index contributed by atoms with van der Waals surface area (Å²) in [5.41, 5.74) is 3.44. The van der Waals surface area contributed by atoms with E-state index in [9.17, 15) is 0 Å². The minimum Gasteiger partial charge on any atom is -0.228 e. The van der Waals surface area contributed by atoms with Gasteiger partial charge in [0.1, 0.15) is 0 Å². The van der Waals surface area contributed by atoms with Crippen LogP contribution in [0, 0.1) is 11.1 Å². The maximum Gasteiger partial charge on any atom is 0.361 e. The molecular formula is C30H68N6P4+2. The molecule has 0 bridgehead atoms. The Balaban J connectivity index is 4.94. The Morgan fingerprint density at radius 2 is 0.575 bits per heavy atom. The fraction of sp³-hybridized carbons (Fsp3) is 0.933. The molecule has 40 heavy (non-hydrogen) atoms. The molecule has 0 atom stereocenters. The highest BCUT2D eigenvalue weighted by Gasteiger charge is 2.54. The lowest BCUT2D eigenvalue weighted by molar-refractivity contribution is 0.213. The van der Waals surface area contributed by atoms with Crippen LogP contribution < -0.4 is 9.34 Å². The number of hydrogen-bond acceptors (Lipinski definition) is 6. The zero-order valence-electron chi connectivity index (χ0n) is 29.4. The summed E-state index contributed by atoms with van der Waals surface area (Å²) in [6.45, 7) is 46.9. The maximum absolute atomic E-state index is 3.02. The van der Waals surface area contributed by atoms with Crippen molar-refractivity contribution in [3.8, 4) is 0 Å². The van der Waals surface area contributed by atoms with E-state index in [0.717, 1.165) is 52.4 Å². The van der Waals surface area contributed by atoms with Crippen LogP contribution in [0.5, 0.6) is 0 Å². The van der Waals surface area contributed by atoms with E-state index in [-0.39, 0.29) is 27.1 Å². The molecule has 0 aliphatic carbocycles. The second-order valence-corrected chi connectivity index (χ2v) is 28.6. The van der Waals surface area contributed by atoms with Crippen molar-refractivity contribution in [3.63, 3.8) is 0 Å². The van der Waals surface area contributed by atoms with E-state index in [4.69, 9.17) is 0 Å². The lowest BCUT2D eigenvalue weighted by Crippen LogP contribution is -2.39. The molecule has 1 aromatic heterocycles. The van der Waals surface area contributed by atoms with Crippen LogP contribution in [-0.4, -0.2) is 96.1 Å². The SMILES string of the molecule is CCN(CC)C(N(CC)CC)=[p+]1p(N(C(C)C)C(C)C)[p+](=C(N(CC)CC)N(CC)CC)p1N(C(C)C)C(C)C. The molecule has 0 saturated carbocycles. The highest BCUT2D eigenvalue weighted by atomic mass is 32.6. The van der Waals surface area contributed by atoms with Crippen molar-refractivity contribution in [2.75, 3.05) is 61.7 Å². The standard InChI is InChI=1S/C30H68N6P4/c1-17-31(18-2)29(32(19-3)20-4)37-39(35(25(9)10)26(11)12)38(40(37)36(27(13)14)28(15)16)30(33(21-5)22-6)34(23-7)24-8/h25-28H,17-24H2,1-16H3/q+2. The van der Waals surface area contributed by atoms with Crippen molar-refractivity contribution >= 4 is 27.1 Å². The fourth-order valence-electron chi connectivity index (χ4n) is 5.93. The molecule has 1 heterocycles. The predicted molar refractivity (Wildman–Crippen MR) is 192 cm³/mol. The molecule has 0 aliphatic rings. The van der Waals surface area contributed by atoms with E-state index in [1.807, 2.05) is 0 Å². The molecule has 0 fully saturated rings. The summed E-state index contributed by atoms with van der Waals surface area (Å²) in [4.78, 5) is 11.1. The molecule has 6 nitrogen and oxygen atoms in total. The highest BCUT2D eigenvalue weighted by Crippen LogP contribution is 2.84. The van der Waals surface area contributed by atoms with Gasteiger partial charge in [-0.25, -0.2) is 19.6 Å². The van der Waals surface area contributed by atoms with Gasteiger partial charge in [-0.1, -0.05) is 55.4 Å². The van der Waals surface area contributed by atoms with E-state index in [1.165, 1.54) is 0 Å². The molecular weight excluding hydrogens is 568 g/mol. The third-order valence-corrected chi connectivity index (χ3v) is 39.9. The molecule has 0 radical (unpaired) electrons. The molecule has 1 aromatic rings. The molecule has 10 heteroatoms. The Hall–Kier alpha value is 0.700. The van der Waals surface area contributed by atoms with E-state index < -0.39 is 0 Å². The minimum absolute atomic E-state index is 0.333.